The standard InChI is InChI=1S/C15H28N2O2S/c1-2-17-5-7-18-14(11-17)10-16-13-3-6-19-15(9-13)4-8-20-12-15/h13-14,16H,2-12H2,1H3. The molecule has 5 heteroatoms. The first-order valence-corrected chi connectivity index (χ1v) is 9.24. The molecule has 0 amide bonds. The second-order valence-electron chi connectivity index (χ2n) is 6.32. The van der Waals surface area contributed by atoms with E-state index in [2.05, 4.69) is 17.1 Å². The van der Waals surface area contributed by atoms with Crippen molar-refractivity contribution in [2.24, 2.45) is 0 Å². The third-order valence-electron chi connectivity index (χ3n) is 4.86. The summed E-state index contributed by atoms with van der Waals surface area (Å²) in [6.07, 6.45) is 3.93. The molecule has 3 aliphatic heterocycles. The van der Waals surface area contributed by atoms with Gasteiger partial charge < -0.3 is 14.8 Å². The van der Waals surface area contributed by atoms with Crippen LogP contribution in [-0.2, 0) is 9.47 Å². The van der Waals surface area contributed by atoms with E-state index in [-0.39, 0.29) is 5.60 Å². The van der Waals surface area contributed by atoms with Crippen LogP contribution in [-0.4, -0.2) is 73.5 Å². The van der Waals surface area contributed by atoms with Crippen molar-refractivity contribution in [1.82, 2.24) is 10.2 Å². The topological polar surface area (TPSA) is 33.7 Å². The molecular formula is C15H28N2O2S. The first-order chi connectivity index (χ1) is 9.80. The van der Waals surface area contributed by atoms with Gasteiger partial charge in [0.1, 0.15) is 0 Å². The molecule has 0 aliphatic carbocycles. The van der Waals surface area contributed by atoms with Gasteiger partial charge in [0.25, 0.3) is 0 Å². The molecular weight excluding hydrogens is 272 g/mol. The van der Waals surface area contributed by atoms with E-state index in [9.17, 15) is 0 Å². The molecule has 4 nitrogen and oxygen atoms in total. The summed E-state index contributed by atoms with van der Waals surface area (Å²) in [4.78, 5) is 2.48. The molecule has 1 N–H and O–H groups in total. The monoisotopic (exact) mass is 300 g/mol. The smallest absolute Gasteiger partial charge is 0.0826 e. The second kappa shape index (κ2) is 6.97. The van der Waals surface area contributed by atoms with E-state index >= 15 is 0 Å². The Bertz CT molecular complexity index is 310. The summed E-state index contributed by atoms with van der Waals surface area (Å²) >= 11 is 2.05. The highest BCUT2D eigenvalue weighted by Crippen LogP contribution is 2.38. The molecule has 0 aromatic heterocycles. The van der Waals surface area contributed by atoms with E-state index in [1.807, 2.05) is 11.8 Å². The van der Waals surface area contributed by atoms with Gasteiger partial charge in [0.05, 0.1) is 18.3 Å². The molecule has 3 unspecified atom stereocenters. The van der Waals surface area contributed by atoms with E-state index in [0.29, 0.717) is 12.1 Å². The predicted molar refractivity (Wildman–Crippen MR) is 83.5 cm³/mol. The molecule has 3 saturated heterocycles. The SMILES string of the molecule is CCN1CCOC(CNC2CCOC3(CCSC3)C2)C1. The first kappa shape index (κ1) is 15.1. The molecule has 20 heavy (non-hydrogen) atoms. The third kappa shape index (κ3) is 3.69. The Morgan fingerprint density at radius 1 is 1.40 bits per heavy atom. The molecule has 3 rings (SSSR count). The Hall–Kier alpha value is 0.190. The van der Waals surface area contributed by atoms with Crippen LogP contribution in [0.2, 0.25) is 0 Å². The fourth-order valence-corrected chi connectivity index (χ4v) is 4.93. The van der Waals surface area contributed by atoms with Gasteiger partial charge in [-0.2, -0.15) is 11.8 Å². The predicted octanol–water partition coefficient (Wildman–Crippen LogP) is 1.35. The number of likely N-dealkylation sites (N-methyl/N-ethyl adjacent to an activating group) is 1. The summed E-state index contributed by atoms with van der Waals surface area (Å²) in [6.45, 7) is 8.33. The van der Waals surface area contributed by atoms with Gasteiger partial charge in [0.15, 0.2) is 0 Å². The van der Waals surface area contributed by atoms with Crippen LogP contribution in [0.3, 0.4) is 0 Å². The van der Waals surface area contributed by atoms with E-state index in [0.717, 1.165) is 45.8 Å². The minimum absolute atomic E-state index is 0.184. The Kier molecular flexibility index (Phi) is 5.26. The van der Waals surface area contributed by atoms with Crippen molar-refractivity contribution >= 4 is 11.8 Å². The second-order valence-corrected chi connectivity index (χ2v) is 7.42. The van der Waals surface area contributed by atoms with Crippen molar-refractivity contribution in [1.29, 1.82) is 0 Å². The normalized spacial score (nSPS) is 39.5. The van der Waals surface area contributed by atoms with Crippen LogP contribution in [0.5, 0.6) is 0 Å². The van der Waals surface area contributed by atoms with Gasteiger partial charge in [-0.25, -0.2) is 0 Å². The lowest BCUT2D eigenvalue weighted by atomic mass is 9.90. The zero-order chi connectivity index (χ0) is 13.8. The van der Waals surface area contributed by atoms with Crippen molar-refractivity contribution in [2.75, 3.05) is 50.9 Å². The molecule has 1 spiro atoms. The number of nitrogens with one attached hydrogen (secondary N) is 1. The van der Waals surface area contributed by atoms with Crippen LogP contribution in [0.1, 0.15) is 26.2 Å². The molecule has 0 radical (unpaired) electrons. The van der Waals surface area contributed by atoms with E-state index < -0.39 is 0 Å². The highest BCUT2D eigenvalue weighted by molar-refractivity contribution is 7.99. The van der Waals surface area contributed by atoms with Gasteiger partial charge in [-0.15, -0.1) is 0 Å². The van der Waals surface area contributed by atoms with E-state index in [1.165, 1.54) is 24.3 Å². The molecule has 116 valence electrons. The Labute approximate surface area is 126 Å². The number of morpholine rings is 1. The number of hydrogen-bond acceptors (Lipinski definition) is 5. The fraction of sp³-hybridized carbons (Fsp3) is 1.00. The first-order valence-electron chi connectivity index (χ1n) is 8.09. The summed E-state index contributed by atoms with van der Waals surface area (Å²) in [5, 5.41) is 3.75. The number of nitrogens with zero attached hydrogens (tertiary/aromatic N) is 1. The summed E-state index contributed by atoms with van der Waals surface area (Å²) in [6, 6.07) is 0.614. The largest absolute Gasteiger partial charge is 0.374 e. The lowest BCUT2D eigenvalue weighted by Crippen LogP contribution is -2.51. The molecule has 3 atom stereocenters. The quantitative estimate of drug-likeness (QED) is 0.848. The van der Waals surface area contributed by atoms with Crippen LogP contribution in [0, 0.1) is 0 Å². The van der Waals surface area contributed by atoms with Gasteiger partial charge in [0.2, 0.25) is 0 Å². The average molecular weight is 300 g/mol. The molecule has 3 aliphatic rings. The van der Waals surface area contributed by atoms with Crippen LogP contribution in [0.15, 0.2) is 0 Å². The van der Waals surface area contributed by atoms with Gasteiger partial charge in [-0.1, -0.05) is 6.92 Å². The number of hydrogen-bond donors (Lipinski definition) is 1. The zero-order valence-electron chi connectivity index (χ0n) is 12.6. The number of rotatable bonds is 4. The van der Waals surface area contributed by atoms with Gasteiger partial charge in [0, 0.05) is 38.0 Å². The maximum Gasteiger partial charge on any atom is 0.0826 e. The maximum atomic E-state index is 6.08. The minimum atomic E-state index is 0.184. The maximum absolute atomic E-state index is 6.08. The Morgan fingerprint density at radius 3 is 3.15 bits per heavy atom. The van der Waals surface area contributed by atoms with E-state index in [4.69, 9.17) is 9.47 Å². The molecule has 0 aromatic rings. The van der Waals surface area contributed by atoms with Crippen LogP contribution in [0.4, 0.5) is 0 Å². The van der Waals surface area contributed by atoms with Crippen molar-refractivity contribution in [3.05, 3.63) is 0 Å². The lowest BCUT2D eigenvalue weighted by molar-refractivity contribution is -0.0742. The number of ether oxygens (including phenoxy) is 2. The van der Waals surface area contributed by atoms with Crippen molar-refractivity contribution in [2.45, 2.75) is 43.9 Å². The molecule has 3 fully saturated rings. The minimum Gasteiger partial charge on any atom is -0.374 e. The van der Waals surface area contributed by atoms with Crippen LogP contribution in [0.25, 0.3) is 0 Å². The fourth-order valence-electron chi connectivity index (χ4n) is 3.55. The van der Waals surface area contributed by atoms with Crippen molar-refractivity contribution < 1.29 is 9.47 Å². The zero-order valence-corrected chi connectivity index (χ0v) is 13.4. The van der Waals surface area contributed by atoms with E-state index in [1.54, 1.807) is 0 Å². The van der Waals surface area contributed by atoms with Gasteiger partial charge >= 0.3 is 0 Å². The highest BCUT2D eigenvalue weighted by atomic mass is 32.2. The lowest BCUT2D eigenvalue weighted by Gasteiger charge is -2.39. The summed E-state index contributed by atoms with van der Waals surface area (Å²) < 4.78 is 12.0. The Balaban J connectivity index is 1.43. The van der Waals surface area contributed by atoms with Gasteiger partial charge in [-0.3, -0.25) is 4.90 Å². The molecule has 3 heterocycles. The average Bonchev–Trinajstić information content (AvgIpc) is 2.93. The van der Waals surface area contributed by atoms with Crippen molar-refractivity contribution in [3.8, 4) is 0 Å². The van der Waals surface area contributed by atoms with Crippen molar-refractivity contribution in [3.63, 3.8) is 0 Å². The highest BCUT2D eigenvalue weighted by Gasteiger charge is 2.40. The van der Waals surface area contributed by atoms with Gasteiger partial charge in [-0.05, 0) is 31.6 Å². The summed E-state index contributed by atoms with van der Waals surface area (Å²) in [7, 11) is 0. The molecule has 0 saturated carbocycles. The molecule has 0 aromatic carbocycles. The summed E-state index contributed by atoms with van der Waals surface area (Å²) in [5.41, 5.74) is 0.184. The molecule has 0 bridgehead atoms. The summed E-state index contributed by atoms with van der Waals surface area (Å²) in [5.74, 6) is 2.46. The third-order valence-corrected chi connectivity index (χ3v) is 6.09. The number of thioether (sulfide) groups is 1. The Morgan fingerprint density at radius 2 is 2.35 bits per heavy atom. The van der Waals surface area contributed by atoms with Crippen LogP contribution < -0.4 is 5.32 Å². The van der Waals surface area contributed by atoms with Crippen LogP contribution >= 0.6 is 11.8 Å².